The lowest BCUT2D eigenvalue weighted by atomic mass is 10.3. The molecule has 0 unspecified atom stereocenters. The van der Waals surface area contributed by atoms with Gasteiger partial charge in [0.2, 0.25) is 0 Å². The third-order valence-electron chi connectivity index (χ3n) is 0.957. The molecule has 0 bridgehead atoms. The predicted molar refractivity (Wildman–Crippen MR) is 41.0 cm³/mol. The largest absolute Gasteiger partial charge is 0.0805 e. The highest BCUT2D eigenvalue weighted by molar-refractivity contribution is 5.20. The monoisotopic (exact) mass is 112 g/mol. The van der Waals surface area contributed by atoms with E-state index >= 15 is 0 Å². The summed E-state index contributed by atoms with van der Waals surface area (Å²) in [6, 6.07) is 0. The molecular formula is C8H16. The van der Waals surface area contributed by atoms with Gasteiger partial charge >= 0.3 is 0 Å². The van der Waals surface area contributed by atoms with Crippen LogP contribution in [0.4, 0.5) is 0 Å². The number of hydrogen-bond donors (Lipinski definition) is 0. The molecule has 0 aromatic rings. The van der Waals surface area contributed by atoms with E-state index < -0.39 is 0 Å². The van der Waals surface area contributed by atoms with Crippen molar-refractivity contribution in [1.82, 2.24) is 0 Å². The van der Waals surface area contributed by atoms with Gasteiger partial charge in [-0.1, -0.05) is 38.7 Å². The van der Waals surface area contributed by atoms with E-state index in [4.69, 9.17) is 0 Å². The first kappa shape index (κ1) is 10.5. The van der Waals surface area contributed by atoms with Crippen molar-refractivity contribution in [3.8, 4) is 0 Å². The molecule has 1 aliphatic carbocycles. The van der Waals surface area contributed by atoms with E-state index in [2.05, 4.69) is 25.2 Å². The van der Waals surface area contributed by atoms with Crippen molar-refractivity contribution in [2.75, 3.05) is 0 Å². The number of allylic oxidation sites excluding steroid dienone is 4. The lowest BCUT2D eigenvalue weighted by Gasteiger charge is -1.78. The summed E-state index contributed by atoms with van der Waals surface area (Å²) in [5.74, 6) is 0. The van der Waals surface area contributed by atoms with Gasteiger partial charge in [-0.15, -0.1) is 0 Å². The molecule has 0 aromatic carbocycles. The molecule has 48 valence electrons. The zero-order chi connectivity index (χ0) is 4.41. The second kappa shape index (κ2) is 4.63. The topological polar surface area (TPSA) is 0 Å². The highest BCUT2D eigenvalue weighted by Gasteiger charge is 1.86. The Hall–Kier alpha value is -0.520. The van der Waals surface area contributed by atoms with Gasteiger partial charge in [0.1, 0.15) is 0 Å². The molecule has 0 heterocycles. The highest BCUT2D eigenvalue weighted by Crippen LogP contribution is 2.06. The fourth-order valence-corrected chi connectivity index (χ4v) is 0.554. The van der Waals surface area contributed by atoms with Crippen LogP contribution in [-0.4, -0.2) is 0 Å². The van der Waals surface area contributed by atoms with Crippen LogP contribution in [0.25, 0.3) is 0 Å². The van der Waals surface area contributed by atoms with E-state index in [1.165, 1.54) is 12.0 Å². The molecule has 1 aliphatic rings. The van der Waals surface area contributed by atoms with Crippen molar-refractivity contribution >= 4 is 0 Å². The summed E-state index contributed by atoms with van der Waals surface area (Å²) in [7, 11) is 0. The van der Waals surface area contributed by atoms with E-state index in [-0.39, 0.29) is 14.9 Å². The van der Waals surface area contributed by atoms with Crippen LogP contribution in [-0.2, 0) is 0 Å². The van der Waals surface area contributed by atoms with Crippen LogP contribution in [0, 0.1) is 0 Å². The zero-order valence-electron chi connectivity index (χ0n) is 3.94. The summed E-state index contributed by atoms with van der Waals surface area (Å²) in [6.07, 6.45) is 7.56. The summed E-state index contributed by atoms with van der Waals surface area (Å²) < 4.78 is 0. The Morgan fingerprint density at radius 2 is 2.00 bits per heavy atom. The number of hydrogen-bond acceptors (Lipinski definition) is 0. The lowest BCUT2D eigenvalue weighted by Crippen LogP contribution is -1.58. The van der Waals surface area contributed by atoms with Gasteiger partial charge < -0.3 is 0 Å². The predicted octanol–water partition coefficient (Wildman–Crippen LogP) is 3.16. The second-order valence-corrected chi connectivity index (χ2v) is 1.65. The van der Waals surface area contributed by atoms with Crippen LogP contribution in [0.2, 0.25) is 0 Å². The van der Waals surface area contributed by atoms with Crippen LogP contribution < -0.4 is 0 Å². The minimum absolute atomic E-state index is 0. The van der Waals surface area contributed by atoms with E-state index in [0.29, 0.717) is 0 Å². The normalized spacial score (nSPS) is 13.9. The molecule has 0 radical (unpaired) electrons. The first-order valence-corrected chi connectivity index (χ1v) is 2.22. The fraction of sp³-hybridized carbons (Fsp3) is 0.500. The van der Waals surface area contributed by atoms with Crippen LogP contribution in [0.3, 0.4) is 0 Å². The third kappa shape index (κ3) is 2.62. The summed E-state index contributed by atoms with van der Waals surface area (Å²) >= 11 is 0. The van der Waals surface area contributed by atoms with Gasteiger partial charge in [0, 0.05) is 0 Å². The Balaban J connectivity index is 0. The van der Waals surface area contributed by atoms with E-state index in [9.17, 15) is 0 Å². The maximum atomic E-state index is 2.16. The molecule has 8 heavy (non-hydrogen) atoms. The summed E-state index contributed by atoms with van der Waals surface area (Å²) in [5.41, 5.74) is 1.47. The second-order valence-electron chi connectivity index (χ2n) is 1.65. The fourth-order valence-electron chi connectivity index (χ4n) is 0.554. The minimum Gasteiger partial charge on any atom is -0.0805 e. The average molecular weight is 112 g/mol. The Labute approximate surface area is 52.9 Å². The average Bonchev–Trinajstić information content (AvgIpc) is 1.86. The van der Waals surface area contributed by atoms with Gasteiger partial charge in [-0.05, 0) is 13.3 Å². The van der Waals surface area contributed by atoms with Crippen molar-refractivity contribution in [3.63, 3.8) is 0 Å². The van der Waals surface area contributed by atoms with Gasteiger partial charge in [-0.25, -0.2) is 0 Å². The molecular weight excluding hydrogens is 96.1 g/mol. The molecule has 1 rings (SSSR count). The van der Waals surface area contributed by atoms with Crippen molar-refractivity contribution in [1.29, 1.82) is 0 Å². The first-order chi connectivity index (χ1) is 2.89. The van der Waals surface area contributed by atoms with Crippen LogP contribution >= 0.6 is 0 Å². The molecule has 0 N–H and O–H groups in total. The molecule has 0 nitrogen and oxygen atoms in total. The van der Waals surface area contributed by atoms with Gasteiger partial charge in [-0.2, -0.15) is 0 Å². The molecule has 0 saturated carbocycles. The standard InChI is InChI=1S/C6H8.2CH4/c1-6-4-2-3-5-6;;/h2-4H,5H2,1H3;2*1H4. The Morgan fingerprint density at radius 1 is 1.38 bits per heavy atom. The molecule has 0 spiro atoms. The van der Waals surface area contributed by atoms with Crippen LogP contribution in [0.5, 0.6) is 0 Å². The SMILES string of the molecule is C.C.CC1=CC=CC1. The Kier molecular flexibility index (Phi) is 6.06. The van der Waals surface area contributed by atoms with Gasteiger partial charge in [0.25, 0.3) is 0 Å². The van der Waals surface area contributed by atoms with E-state index in [1.54, 1.807) is 0 Å². The smallest absolute Gasteiger partial charge is 0.0135 e. The molecule has 0 heteroatoms. The Morgan fingerprint density at radius 3 is 2.12 bits per heavy atom. The Bertz CT molecular complexity index is 96.6. The third-order valence-corrected chi connectivity index (χ3v) is 0.957. The van der Waals surface area contributed by atoms with Crippen LogP contribution in [0.1, 0.15) is 28.2 Å². The minimum atomic E-state index is 0. The van der Waals surface area contributed by atoms with Crippen molar-refractivity contribution in [3.05, 3.63) is 23.8 Å². The van der Waals surface area contributed by atoms with Crippen molar-refractivity contribution in [2.24, 2.45) is 0 Å². The molecule has 0 saturated heterocycles. The van der Waals surface area contributed by atoms with Crippen molar-refractivity contribution in [2.45, 2.75) is 28.2 Å². The van der Waals surface area contributed by atoms with Gasteiger partial charge in [0.05, 0.1) is 0 Å². The molecule has 0 aliphatic heterocycles. The maximum Gasteiger partial charge on any atom is -0.0135 e. The quantitative estimate of drug-likeness (QED) is 0.451. The molecule has 0 aromatic heterocycles. The summed E-state index contributed by atoms with van der Waals surface area (Å²) in [5, 5.41) is 0. The molecule has 0 fully saturated rings. The van der Waals surface area contributed by atoms with E-state index in [1.807, 2.05) is 0 Å². The molecule has 0 amide bonds. The zero-order valence-corrected chi connectivity index (χ0v) is 3.94. The van der Waals surface area contributed by atoms with E-state index in [0.717, 1.165) is 0 Å². The summed E-state index contributed by atoms with van der Waals surface area (Å²) in [6.45, 7) is 2.14. The summed E-state index contributed by atoms with van der Waals surface area (Å²) in [4.78, 5) is 0. The highest BCUT2D eigenvalue weighted by atomic mass is 13.9. The first-order valence-electron chi connectivity index (χ1n) is 2.22. The number of rotatable bonds is 0. The lowest BCUT2D eigenvalue weighted by molar-refractivity contribution is 1.25. The van der Waals surface area contributed by atoms with Gasteiger partial charge in [-0.3, -0.25) is 0 Å². The maximum absolute atomic E-state index is 2.16. The molecule has 0 atom stereocenters. The van der Waals surface area contributed by atoms with Crippen molar-refractivity contribution < 1.29 is 0 Å². The van der Waals surface area contributed by atoms with Crippen LogP contribution in [0.15, 0.2) is 23.8 Å². The van der Waals surface area contributed by atoms with Gasteiger partial charge in [0.15, 0.2) is 0 Å².